The summed E-state index contributed by atoms with van der Waals surface area (Å²) >= 11 is 3.83. The SMILES string of the molecule is O=C(S)CC1CCCCCCC1. The zero-order valence-electron chi connectivity index (χ0n) is 7.59. The fraction of sp³-hybridized carbons (Fsp3) is 0.900. The van der Waals surface area contributed by atoms with E-state index in [1.54, 1.807) is 0 Å². The minimum atomic E-state index is 0.0700. The number of carbonyl (C=O) groups is 1. The van der Waals surface area contributed by atoms with Gasteiger partial charge in [-0.1, -0.05) is 32.1 Å². The van der Waals surface area contributed by atoms with Crippen molar-refractivity contribution in [1.82, 2.24) is 0 Å². The molecule has 12 heavy (non-hydrogen) atoms. The molecule has 0 N–H and O–H groups in total. The molecule has 1 nitrogen and oxygen atoms in total. The summed E-state index contributed by atoms with van der Waals surface area (Å²) in [6.45, 7) is 0. The van der Waals surface area contributed by atoms with E-state index in [1.807, 2.05) is 0 Å². The van der Waals surface area contributed by atoms with Crippen molar-refractivity contribution in [2.24, 2.45) is 5.92 Å². The summed E-state index contributed by atoms with van der Waals surface area (Å²) in [5, 5.41) is 0.0700. The number of hydrogen-bond acceptors (Lipinski definition) is 1. The average molecular weight is 186 g/mol. The van der Waals surface area contributed by atoms with Gasteiger partial charge in [-0.3, -0.25) is 4.79 Å². The Bertz CT molecular complexity index is 137. The summed E-state index contributed by atoms with van der Waals surface area (Å²) in [6.07, 6.45) is 9.91. The van der Waals surface area contributed by atoms with Crippen LogP contribution >= 0.6 is 12.6 Å². The average Bonchev–Trinajstić information content (AvgIpc) is 1.93. The van der Waals surface area contributed by atoms with Crippen LogP contribution in [0.5, 0.6) is 0 Å². The van der Waals surface area contributed by atoms with Crippen molar-refractivity contribution in [3.8, 4) is 0 Å². The molecule has 2 heteroatoms. The zero-order chi connectivity index (χ0) is 8.81. The van der Waals surface area contributed by atoms with Gasteiger partial charge in [0.15, 0.2) is 5.12 Å². The molecule has 1 aliphatic rings. The van der Waals surface area contributed by atoms with Crippen LogP contribution in [0.15, 0.2) is 0 Å². The lowest BCUT2D eigenvalue weighted by Gasteiger charge is -2.17. The molecule has 0 aliphatic heterocycles. The molecule has 1 rings (SSSR count). The standard InChI is InChI=1S/C10H18OS/c11-10(12)8-9-6-4-2-1-3-5-7-9/h9H,1-8H2,(H,11,12). The summed E-state index contributed by atoms with van der Waals surface area (Å²) in [6, 6.07) is 0. The first-order valence-electron chi connectivity index (χ1n) is 5.01. The first-order valence-corrected chi connectivity index (χ1v) is 5.45. The summed E-state index contributed by atoms with van der Waals surface area (Å²) < 4.78 is 0. The Morgan fingerprint density at radius 1 is 1.08 bits per heavy atom. The van der Waals surface area contributed by atoms with Gasteiger partial charge < -0.3 is 0 Å². The van der Waals surface area contributed by atoms with Crippen molar-refractivity contribution in [3.05, 3.63) is 0 Å². The van der Waals surface area contributed by atoms with Crippen LogP contribution in [0.25, 0.3) is 0 Å². The fourth-order valence-corrected chi connectivity index (χ4v) is 2.25. The van der Waals surface area contributed by atoms with E-state index in [2.05, 4.69) is 12.6 Å². The van der Waals surface area contributed by atoms with Crippen LogP contribution in [0.3, 0.4) is 0 Å². The maximum absolute atomic E-state index is 10.8. The first-order chi connectivity index (χ1) is 5.79. The van der Waals surface area contributed by atoms with Gasteiger partial charge in [-0.05, 0) is 18.8 Å². The molecular weight excluding hydrogens is 168 g/mol. The van der Waals surface area contributed by atoms with E-state index >= 15 is 0 Å². The van der Waals surface area contributed by atoms with Crippen molar-refractivity contribution in [1.29, 1.82) is 0 Å². The lowest BCUT2D eigenvalue weighted by molar-refractivity contribution is -0.111. The van der Waals surface area contributed by atoms with Gasteiger partial charge in [0.1, 0.15) is 0 Å². The summed E-state index contributed by atoms with van der Waals surface area (Å²) in [4.78, 5) is 10.8. The molecule has 70 valence electrons. The van der Waals surface area contributed by atoms with E-state index in [0.29, 0.717) is 12.3 Å². The molecule has 1 saturated carbocycles. The smallest absolute Gasteiger partial charge is 0.186 e. The maximum Gasteiger partial charge on any atom is 0.186 e. The van der Waals surface area contributed by atoms with Gasteiger partial charge in [-0.15, -0.1) is 12.6 Å². The van der Waals surface area contributed by atoms with Gasteiger partial charge in [0.05, 0.1) is 0 Å². The Morgan fingerprint density at radius 3 is 2.08 bits per heavy atom. The van der Waals surface area contributed by atoms with E-state index in [-0.39, 0.29) is 5.12 Å². The molecule has 0 saturated heterocycles. The van der Waals surface area contributed by atoms with Gasteiger partial charge in [-0.2, -0.15) is 0 Å². The van der Waals surface area contributed by atoms with Crippen LogP contribution in [0.1, 0.15) is 51.4 Å². The minimum Gasteiger partial charge on any atom is -0.287 e. The maximum atomic E-state index is 10.8. The van der Waals surface area contributed by atoms with E-state index in [4.69, 9.17) is 0 Å². The molecule has 1 aliphatic carbocycles. The topological polar surface area (TPSA) is 17.1 Å². The minimum absolute atomic E-state index is 0.0700. The Labute approximate surface area is 80.3 Å². The number of hydrogen-bond donors (Lipinski definition) is 1. The highest BCUT2D eigenvalue weighted by molar-refractivity contribution is 7.96. The summed E-state index contributed by atoms with van der Waals surface area (Å²) in [5.41, 5.74) is 0. The molecule has 0 aromatic heterocycles. The molecule has 0 spiro atoms. The highest BCUT2D eigenvalue weighted by Crippen LogP contribution is 2.25. The molecule has 0 bridgehead atoms. The van der Waals surface area contributed by atoms with Gasteiger partial charge >= 0.3 is 0 Å². The Morgan fingerprint density at radius 2 is 1.58 bits per heavy atom. The Kier molecular flexibility index (Phi) is 4.74. The number of carbonyl (C=O) groups excluding carboxylic acids is 1. The van der Waals surface area contributed by atoms with Crippen molar-refractivity contribution in [2.45, 2.75) is 51.4 Å². The number of rotatable bonds is 2. The second-order valence-electron chi connectivity index (χ2n) is 3.81. The van der Waals surface area contributed by atoms with Gasteiger partial charge in [0.25, 0.3) is 0 Å². The quantitative estimate of drug-likeness (QED) is 0.655. The van der Waals surface area contributed by atoms with E-state index < -0.39 is 0 Å². The van der Waals surface area contributed by atoms with E-state index in [9.17, 15) is 4.79 Å². The lowest BCUT2D eigenvalue weighted by atomic mass is 9.89. The predicted molar refractivity (Wildman–Crippen MR) is 54.4 cm³/mol. The summed E-state index contributed by atoms with van der Waals surface area (Å²) in [5.74, 6) is 0.635. The molecule has 0 unspecified atom stereocenters. The second-order valence-corrected chi connectivity index (χ2v) is 4.31. The van der Waals surface area contributed by atoms with E-state index in [0.717, 1.165) is 0 Å². The predicted octanol–water partition coefficient (Wildman–Crippen LogP) is 3.19. The van der Waals surface area contributed by atoms with Crippen LogP contribution in [0, 0.1) is 5.92 Å². The molecule has 0 atom stereocenters. The zero-order valence-corrected chi connectivity index (χ0v) is 8.48. The number of thiol groups is 1. The van der Waals surface area contributed by atoms with Crippen molar-refractivity contribution in [2.75, 3.05) is 0 Å². The summed E-state index contributed by atoms with van der Waals surface area (Å²) in [7, 11) is 0. The van der Waals surface area contributed by atoms with Gasteiger partial charge in [0.2, 0.25) is 0 Å². The monoisotopic (exact) mass is 186 g/mol. The van der Waals surface area contributed by atoms with Gasteiger partial charge in [-0.25, -0.2) is 0 Å². The van der Waals surface area contributed by atoms with Crippen LogP contribution in [-0.4, -0.2) is 5.12 Å². The van der Waals surface area contributed by atoms with Crippen molar-refractivity contribution < 1.29 is 4.79 Å². The van der Waals surface area contributed by atoms with E-state index in [1.165, 1.54) is 44.9 Å². The van der Waals surface area contributed by atoms with Crippen molar-refractivity contribution in [3.63, 3.8) is 0 Å². The normalized spacial score (nSPS) is 21.4. The third-order valence-electron chi connectivity index (χ3n) is 2.69. The fourth-order valence-electron chi connectivity index (χ4n) is 1.99. The van der Waals surface area contributed by atoms with Crippen molar-refractivity contribution >= 4 is 17.7 Å². The molecule has 0 amide bonds. The van der Waals surface area contributed by atoms with Crippen LogP contribution in [0.4, 0.5) is 0 Å². The molecule has 0 aromatic carbocycles. The third-order valence-corrected chi connectivity index (χ3v) is 2.87. The largest absolute Gasteiger partial charge is 0.287 e. The van der Waals surface area contributed by atoms with Gasteiger partial charge in [0, 0.05) is 6.42 Å². The lowest BCUT2D eigenvalue weighted by Crippen LogP contribution is -2.06. The Hall–Kier alpha value is 0.0200. The highest BCUT2D eigenvalue weighted by Gasteiger charge is 2.12. The first kappa shape index (κ1) is 10.1. The molecule has 0 aromatic rings. The van der Waals surface area contributed by atoms with Crippen LogP contribution in [0.2, 0.25) is 0 Å². The molecule has 1 fully saturated rings. The third kappa shape index (κ3) is 4.15. The Balaban J connectivity index is 2.24. The second kappa shape index (κ2) is 5.63. The molecule has 0 heterocycles. The molecular formula is C10H18OS. The molecule has 0 radical (unpaired) electrons. The highest BCUT2D eigenvalue weighted by atomic mass is 32.1. The van der Waals surface area contributed by atoms with Crippen LogP contribution in [-0.2, 0) is 4.79 Å². The van der Waals surface area contributed by atoms with Crippen LogP contribution < -0.4 is 0 Å².